The molecule has 1 aliphatic heterocycles. The quantitative estimate of drug-likeness (QED) is 0.618. The second-order valence-corrected chi connectivity index (χ2v) is 8.65. The van der Waals surface area contributed by atoms with Crippen LogP contribution in [0.3, 0.4) is 0 Å². The molecule has 1 atom stereocenters. The van der Waals surface area contributed by atoms with Gasteiger partial charge in [-0.1, -0.05) is 36.4 Å². The first-order chi connectivity index (χ1) is 15.5. The van der Waals surface area contributed by atoms with Gasteiger partial charge in [0.1, 0.15) is 5.82 Å². The van der Waals surface area contributed by atoms with Gasteiger partial charge >= 0.3 is 0 Å². The number of anilines is 1. The zero-order chi connectivity index (χ0) is 22.5. The van der Waals surface area contributed by atoms with E-state index in [0.717, 1.165) is 37.1 Å². The fourth-order valence-electron chi connectivity index (χ4n) is 4.24. The number of hydrogen-bond donors (Lipinski definition) is 2. The number of pyridine rings is 1. The van der Waals surface area contributed by atoms with Crippen molar-refractivity contribution < 1.29 is 9.59 Å². The number of carbonyl (C=O) groups is 2. The fraction of sp³-hybridized carbons (Fsp3) is 0.346. The third-order valence-electron chi connectivity index (χ3n) is 6.14. The summed E-state index contributed by atoms with van der Waals surface area (Å²) in [6, 6.07) is 18.2. The number of carbonyl (C=O) groups excluding carboxylic acids is 2. The van der Waals surface area contributed by atoms with Crippen molar-refractivity contribution in [1.29, 1.82) is 0 Å². The zero-order valence-corrected chi connectivity index (χ0v) is 18.7. The molecule has 1 aromatic heterocycles. The molecule has 6 heteroatoms. The topological polar surface area (TPSA) is 74.3 Å². The first-order valence-corrected chi connectivity index (χ1v) is 11.2. The van der Waals surface area contributed by atoms with Crippen LogP contribution in [0.25, 0.3) is 10.8 Å². The predicted molar refractivity (Wildman–Crippen MR) is 127 cm³/mol. The van der Waals surface area contributed by atoms with Crippen LogP contribution in [0.2, 0.25) is 0 Å². The van der Waals surface area contributed by atoms with Gasteiger partial charge in [0.05, 0.1) is 12.6 Å². The Labute approximate surface area is 189 Å². The summed E-state index contributed by atoms with van der Waals surface area (Å²) < 4.78 is 0. The molecule has 1 saturated heterocycles. The van der Waals surface area contributed by atoms with E-state index in [-0.39, 0.29) is 23.8 Å². The van der Waals surface area contributed by atoms with Gasteiger partial charge in [-0.25, -0.2) is 4.98 Å². The number of hydrogen-bond acceptors (Lipinski definition) is 4. The van der Waals surface area contributed by atoms with Crippen molar-refractivity contribution in [2.45, 2.75) is 32.7 Å². The van der Waals surface area contributed by atoms with E-state index >= 15 is 0 Å². The number of likely N-dealkylation sites (tertiary alicyclic amines) is 1. The molecule has 0 radical (unpaired) electrons. The number of piperidine rings is 1. The molecule has 32 heavy (non-hydrogen) atoms. The molecule has 2 heterocycles. The minimum Gasteiger partial charge on any atom is -0.348 e. The first-order valence-electron chi connectivity index (χ1n) is 11.2. The van der Waals surface area contributed by atoms with Crippen molar-refractivity contribution in [1.82, 2.24) is 15.2 Å². The molecule has 3 aromatic rings. The smallest absolute Gasteiger partial charge is 0.234 e. The first kappa shape index (κ1) is 22.0. The number of nitrogens with one attached hydrogen (secondary N) is 2. The minimum atomic E-state index is -0.0581. The van der Waals surface area contributed by atoms with E-state index in [4.69, 9.17) is 0 Å². The summed E-state index contributed by atoms with van der Waals surface area (Å²) in [7, 11) is 0. The average Bonchev–Trinajstić information content (AvgIpc) is 2.79. The minimum absolute atomic E-state index is 0.0112. The van der Waals surface area contributed by atoms with Gasteiger partial charge < -0.3 is 10.6 Å². The largest absolute Gasteiger partial charge is 0.348 e. The highest BCUT2D eigenvalue weighted by molar-refractivity contribution is 5.91. The summed E-state index contributed by atoms with van der Waals surface area (Å²) in [4.78, 5) is 31.5. The van der Waals surface area contributed by atoms with Gasteiger partial charge in [0.15, 0.2) is 0 Å². The fourth-order valence-corrected chi connectivity index (χ4v) is 4.24. The summed E-state index contributed by atoms with van der Waals surface area (Å²) in [5.41, 5.74) is 2.16. The lowest BCUT2D eigenvalue weighted by Crippen LogP contribution is -2.43. The highest BCUT2D eigenvalue weighted by Gasteiger charge is 2.26. The molecule has 0 bridgehead atoms. The van der Waals surface area contributed by atoms with E-state index in [0.29, 0.717) is 12.4 Å². The van der Waals surface area contributed by atoms with Crippen LogP contribution in [0, 0.1) is 12.8 Å². The number of benzene rings is 2. The normalized spacial score (nSPS) is 15.9. The molecule has 0 spiro atoms. The molecule has 6 nitrogen and oxygen atoms in total. The lowest BCUT2D eigenvalue weighted by Gasteiger charge is -2.31. The lowest BCUT2D eigenvalue weighted by atomic mass is 9.96. The number of nitrogens with zero attached hydrogens (tertiary/aromatic N) is 2. The molecule has 4 rings (SSSR count). The van der Waals surface area contributed by atoms with Crippen molar-refractivity contribution in [2.24, 2.45) is 5.92 Å². The van der Waals surface area contributed by atoms with Crippen LogP contribution < -0.4 is 10.6 Å². The maximum atomic E-state index is 12.6. The van der Waals surface area contributed by atoms with Crippen LogP contribution in [-0.2, 0) is 9.59 Å². The van der Waals surface area contributed by atoms with E-state index < -0.39 is 0 Å². The standard InChI is InChI=1S/C26H30N4O2/c1-18-9-12-27-24(15-18)29-26(32)21-10-13-30(14-11-21)17-25(31)28-19(2)22-8-7-20-5-3-4-6-23(20)16-22/h3-9,12,15-16,19,21H,10-11,13-14,17H2,1-2H3,(H,28,31)(H,27,29,32). The third-order valence-corrected chi connectivity index (χ3v) is 6.14. The number of aryl methyl sites for hydroxylation is 1. The van der Waals surface area contributed by atoms with E-state index in [9.17, 15) is 9.59 Å². The van der Waals surface area contributed by atoms with Gasteiger partial charge in [-0.15, -0.1) is 0 Å². The van der Waals surface area contributed by atoms with Crippen molar-refractivity contribution in [3.05, 3.63) is 71.9 Å². The maximum absolute atomic E-state index is 12.6. The molecular formula is C26H30N4O2. The van der Waals surface area contributed by atoms with Crippen LogP contribution in [0.15, 0.2) is 60.8 Å². The summed E-state index contributed by atoms with van der Waals surface area (Å²) in [5.74, 6) is 0.572. The van der Waals surface area contributed by atoms with Gasteiger partial charge in [-0.05, 0) is 79.9 Å². The highest BCUT2D eigenvalue weighted by atomic mass is 16.2. The summed E-state index contributed by atoms with van der Waals surface area (Å²) in [6.07, 6.45) is 3.18. The number of amides is 2. The molecule has 166 valence electrons. The molecule has 0 saturated carbocycles. The van der Waals surface area contributed by atoms with Crippen LogP contribution in [0.5, 0.6) is 0 Å². The third kappa shape index (κ3) is 5.51. The van der Waals surface area contributed by atoms with Crippen LogP contribution in [-0.4, -0.2) is 41.3 Å². The van der Waals surface area contributed by atoms with Crippen LogP contribution in [0.4, 0.5) is 5.82 Å². The lowest BCUT2D eigenvalue weighted by molar-refractivity contribution is -0.124. The predicted octanol–water partition coefficient (Wildman–Crippen LogP) is 4.07. The van der Waals surface area contributed by atoms with Crippen molar-refractivity contribution in [3.8, 4) is 0 Å². The SMILES string of the molecule is Cc1ccnc(NC(=O)C2CCN(CC(=O)NC(C)c3ccc4ccccc4c3)CC2)c1. The number of rotatable bonds is 6. The molecule has 1 aliphatic rings. The van der Waals surface area contributed by atoms with Gasteiger partial charge in [0.25, 0.3) is 0 Å². The van der Waals surface area contributed by atoms with Crippen LogP contribution >= 0.6 is 0 Å². The zero-order valence-electron chi connectivity index (χ0n) is 18.7. The Balaban J connectivity index is 1.24. The molecule has 2 N–H and O–H groups in total. The molecule has 0 aliphatic carbocycles. The molecule has 1 unspecified atom stereocenters. The summed E-state index contributed by atoms with van der Waals surface area (Å²) in [5, 5.41) is 8.40. The Morgan fingerprint density at radius 2 is 1.81 bits per heavy atom. The Hall–Kier alpha value is -3.25. The number of fused-ring (bicyclic) bond motifs is 1. The summed E-state index contributed by atoms with van der Waals surface area (Å²) in [6.45, 7) is 5.81. The average molecular weight is 431 g/mol. The molecular weight excluding hydrogens is 400 g/mol. The van der Waals surface area contributed by atoms with Gasteiger partial charge in [-0.3, -0.25) is 14.5 Å². The Morgan fingerprint density at radius 1 is 1.06 bits per heavy atom. The van der Waals surface area contributed by atoms with Gasteiger partial charge in [0, 0.05) is 12.1 Å². The van der Waals surface area contributed by atoms with Crippen molar-refractivity contribution in [2.75, 3.05) is 25.0 Å². The Kier molecular flexibility index (Phi) is 6.81. The van der Waals surface area contributed by atoms with E-state index in [2.05, 4.69) is 50.8 Å². The van der Waals surface area contributed by atoms with E-state index in [1.807, 2.05) is 38.1 Å². The molecule has 2 amide bonds. The van der Waals surface area contributed by atoms with E-state index in [1.165, 1.54) is 10.8 Å². The molecule has 1 fully saturated rings. The monoisotopic (exact) mass is 430 g/mol. The Morgan fingerprint density at radius 3 is 2.56 bits per heavy atom. The van der Waals surface area contributed by atoms with E-state index in [1.54, 1.807) is 6.20 Å². The van der Waals surface area contributed by atoms with Crippen molar-refractivity contribution >= 4 is 28.4 Å². The summed E-state index contributed by atoms with van der Waals surface area (Å²) >= 11 is 0. The van der Waals surface area contributed by atoms with Gasteiger partial charge in [0.2, 0.25) is 11.8 Å². The number of aromatic nitrogens is 1. The van der Waals surface area contributed by atoms with Crippen molar-refractivity contribution in [3.63, 3.8) is 0 Å². The highest BCUT2D eigenvalue weighted by Crippen LogP contribution is 2.21. The van der Waals surface area contributed by atoms with Crippen LogP contribution in [0.1, 0.15) is 36.9 Å². The second kappa shape index (κ2) is 9.92. The second-order valence-electron chi connectivity index (χ2n) is 8.65. The maximum Gasteiger partial charge on any atom is 0.234 e. The Bertz CT molecular complexity index is 1110. The molecule has 2 aromatic carbocycles. The van der Waals surface area contributed by atoms with Gasteiger partial charge in [-0.2, -0.15) is 0 Å².